The first-order valence-electron chi connectivity index (χ1n) is 11.3. The van der Waals surface area contributed by atoms with E-state index in [1.807, 2.05) is 50.3 Å². The molecule has 6 nitrogen and oxygen atoms in total. The molecule has 0 aliphatic carbocycles. The molecule has 0 bridgehead atoms. The minimum absolute atomic E-state index is 0.0217. The molecule has 0 saturated heterocycles. The number of aromatic hydroxyl groups is 2. The molecule has 0 saturated carbocycles. The monoisotopic (exact) mass is 488 g/mol. The van der Waals surface area contributed by atoms with E-state index < -0.39 is 0 Å². The highest BCUT2D eigenvalue weighted by atomic mass is 16.5. The van der Waals surface area contributed by atoms with E-state index in [-0.39, 0.29) is 34.4 Å². The summed E-state index contributed by atoms with van der Waals surface area (Å²) in [5, 5.41) is 19.6. The van der Waals surface area contributed by atoms with Gasteiger partial charge >= 0.3 is 0 Å². The molecule has 0 radical (unpaired) electrons. The molecule has 36 heavy (non-hydrogen) atoms. The van der Waals surface area contributed by atoms with Crippen molar-refractivity contribution in [3.63, 3.8) is 0 Å². The third-order valence-corrected chi connectivity index (χ3v) is 5.20. The number of phenols is 2. The average Bonchev–Trinajstić information content (AvgIpc) is 2.87. The molecule has 0 amide bonds. The first kappa shape index (κ1) is 27.9. The molecular weight excluding hydrogens is 456 g/mol. The van der Waals surface area contributed by atoms with E-state index in [1.165, 1.54) is 38.9 Å². The zero-order valence-electron chi connectivity index (χ0n) is 21.2. The zero-order valence-corrected chi connectivity index (χ0v) is 21.2. The highest BCUT2D eigenvalue weighted by molar-refractivity contribution is 6.10. The maximum Gasteiger partial charge on any atom is 0.193 e. The van der Waals surface area contributed by atoms with Crippen LogP contribution in [0.25, 0.3) is 6.08 Å². The molecule has 0 atom stereocenters. The van der Waals surface area contributed by atoms with E-state index in [4.69, 9.17) is 9.47 Å². The van der Waals surface area contributed by atoms with Gasteiger partial charge in [-0.05, 0) is 62.6 Å². The Morgan fingerprint density at radius 3 is 2.14 bits per heavy atom. The molecule has 6 heteroatoms. The molecule has 0 fully saturated rings. The Morgan fingerprint density at radius 1 is 0.861 bits per heavy atom. The van der Waals surface area contributed by atoms with E-state index in [2.05, 4.69) is 0 Å². The standard InChI is InChI=1S/C17H16O4.C13H16O2/c1-20-13-10-15(19)17(16(11-13)21-2)14(18)9-8-12-6-4-3-5-7-12;1-9(2)4-5-12-8-11(10(3)14)6-7-13(12)15/h3-11,19H,1-2H3;4,6-8,15H,5H2,1-3H3. The molecule has 3 rings (SSSR count). The van der Waals surface area contributed by atoms with Crippen LogP contribution in [0.15, 0.2) is 78.4 Å². The molecular formula is C30H32O6. The first-order valence-corrected chi connectivity index (χ1v) is 11.3. The fourth-order valence-corrected chi connectivity index (χ4v) is 3.20. The molecule has 188 valence electrons. The maximum absolute atomic E-state index is 12.3. The number of benzene rings is 3. The number of phenolic OH excluding ortho intramolecular Hbond substituents is 2. The van der Waals surface area contributed by atoms with Crippen molar-refractivity contribution in [1.82, 2.24) is 0 Å². The van der Waals surface area contributed by atoms with Crippen molar-refractivity contribution in [2.24, 2.45) is 0 Å². The third-order valence-electron chi connectivity index (χ3n) is 5.20. The number of Topliss-reactive ketones (excluding diaryl/α,β-unsaturated/α-hetero) is 1. The van der Waals surface area contributed by atoms with Gasteiger partial charge in [-0.1, -0.05) is 48.1 Å². The zero-order chi connectivity index (χ0) is 26.7. The van der Waals surface area contributed by atoms with Gasteiger partial charge in [-0.25, -0.2) is 0 Å². The lowest BCUT2D eigenvalue weighted by Gasteiger charge is -2.10. The summed E-state index contributed by atoms with van der Waals surface area (Å²) in [6.07, 6.45) is 5.78. The summed E-state index contributed by atoms with van der Waals surface area (Å²) in [6.45, 7) is 5.54. The van der Waals surface area contributed by atoms with Crippen molar-refractivity contribution in [2.75, 3.05) is 14.2 Å². The molecule has 0 aromatic heterocycles. The fraction of sp³-hybridized carbons (Fsp3) is 0.200. The summed E-state index contributed by atoms with van der Waals surface area (Å²) >= 11 is 0. The fourth-order valence-electron chi connectivity index (χ4n) is 3.20. The highest BCUT2D eigenvalue weighted by Crippen LogP contribution is 2.33. The highest BCUT2D eigenvalue weighted by Gasteiger charge is 2.17. The molecule has 0 unspecified atom stereocenters. The van der Waals surface area contributed by atoms with Crippen LogP contribution < -0.4 is 9.47 Å². The molecule has 3 aromatic carbocycles. The lowest BCUT2D eigenvalue weighted by molar-refractivity contribution is 0.101. The molecule has 0 spiro atoms. The molecule has 0 aliphatic rings. The predicted octanol–water partition coefficient (Wildman–Crippen LogP) is 6.41. The van der Waals surface area contributed by atoms with Crippen LogP contribution in [0.2, 0.25) is 0 Å². The molecule has 0 heterocycles. The Labute approximate surface area is 212 Å². The second-order valence-corrected chi connectivity index (χ2v) is 8.22. The topological polar surface area (TPSA) is 93.1 Å². The number of carbonyl (C=O) groups is 2. The number of ketones is 2. The minimum Gasteiger partial charge on any atom is -0.508 e. The Balaban J connectivity index is 0.000000269. The second kappa shape index (κ2) is 13.5. The van der Waals surface area contributed by atoms with E-state index in [1.54, 1.807) is 30.3 Å². The van der Waals surface area contributed by atoms with Gasteiger partial charge in [-0.3, -0.25) is 9.59 Å². The summed E-state index contributed by atoms with van der Waals surface area (Å²) in [6, 6.07) is 17.3. The van der Waals surface area contributed by atoms with Gasteiger partial charge in [0.05, 0.1) is 14.2 Å². The van der Waals surface area contributed by atoms with Gasteiger partial charge in [0.15, 0.2) is 11.6 Å². The van der Waals surface area contributed by atoms with Gasteiger partial charge in [-0.15, -0.1) is 0 Å². The van der Waals surface area contributed by atoms with Crippen molar-refractivity contribution in [3.05, 3.63) is 101 Å². The van der Waals surface area contributed by atoms with Crippen molar-refractivity contribution >= 4 is 17.6 Å². The van der Waals surface area contributed by atoms with Crippen molar-refractivity contribution in [2.45, 2.75) is 27.2 Å². The van der Waals surface area contributed by atoms with Crippen LogP contribution in [0, 0.1) is 0 Å². The largest absolute Gasteiger partial charge is 0.508 e. The number of allylic oxidation sites excluding steroid dienone is 3. The number of hydrogen-bond acceptors (Lipinski definition) is 6. The summed E-state index contributed by atoms with van der Waals surface area (Å²) < 4.78 is 10.2. The van der Waals surface area contributed by atoms with E-state index in [0.29, 0.717) is 17.7 Å². The summed E-state index contributed by atoms with van der Waals surface area (Å²) in [5.74, 6) is 0.457. The number of hydrogen-bond donors (Lipinski definition) is 2. The lowest BCUT2D eigenvalue weighted by atomic mass is 10.0. The SMILES string of the molecule is CC(=O)c1ccc(O)c(CC=C(C)C)c1.COc1cc(O)c(C(=O)C=Cc2ccccc2)c(OC)c1. The van der Waals surface area contributed by atoms with E-state index in [0.717, 1.165) is 11.1 Å². The normalized spacial score (nSPS) is 10.2. The van der Waals surface area contributed by atoms with Gasteiger partial charge in [0.1, 0.15) is 28.6 Å². The molecule has 2 N–H and O–H groups in total. The van der Waals surface area contributed by atoms with Crippen LogP contribution in [0.5, 0.6) is 23.0 Å². The van der Waals surface area contributed by atoms with Crippen LogP contribution >= 0.6 is 0 Å². The van der Waals surface area contributed by atoms with Gasteiger partial charge in [0.25, 0.3) is 0 Å². The predicted molar refractivity (Wildman–Crippen MR) is 142 cm³/mol. The Hall–Kier alpha value is -4.32. The number of ether oxygens (including phenoxy) is 2. The Kier molecular flexibility index (Phi) is 10.5. The van der Waals surface area contributed by atoms with Crippen molar-refractivity contribution < 1.29 is 29.3 Å². The minimum atomic E-state index is -0.337. The van der Waals surface area contributed by atoms with Crippen LogP contribution in [0.3, 0.4) is 0 Å². The number of carbonyl (C=O) groups excluding carboxylic acids is 2. The van der Waals surface area contributed by atoms with Gasteiger partial charge in [-0.2, -0.15) is 0 Å². The smallest absolute Gasteiger partial charge is 0.193 e. The van der Waals surface area contributed by atoms with Crippen LogP contribution in [-0.2, 0) is 6.42 Å². The van der Waals surface area contributed by atoms with E-state index >= 15 is 0 Å². The second-order valence-electron chi connectivity index (χ2n) is 8.22. The van der Waals surface area contributed by atoms with Crippen LogP contribution in [-0.4, -0.2) is 36.0 Å². The Morgan fingerprint density at radius 2 is 1.56 bits per heavy atom. The average molecular weight is 489 g/mol. The summed E-state index contributed by atoms with van der Waals surface area (Å²) in [4.78, 5) is 23.4. The maximum atomic E-state index is 12.3. The van der Waals surface area contributed by atoms with Crippen molar-refractivity contribution in [1.29, 1.82) is 0 Å². The summed E-state index contributed by atoms with van der Waals surface area (Å²) in [5.41, 5.74) is 3.65. The number of rotatable bonds is 8. The van der Waals surface area contributed by atoms with Gasteiger partial charge in [0, 0.05) is 17.7 Å². The molecule has 3 aromatic rings. The lowest BCUT2D eigenvalue weighted by Crippen LogP contribution is -2.00. The third kappa shape index (κ3) is 8.17. The molecule has 0 aliphatic heterocycles. The van der Waals surface area contributed by atoms with Crippen LogP contribution in [0.1, 0.15) is 52.6 Å². The Bertz CT molecular complexity index is 1250. The number of methoxy groups -OCH3 is 2. The van der Waals surface area contributed by atoms with E-state index in [9.17, 15) is 19.8 Å². The quantitative estimate of drug-likeness (QED) is 0.216. The van der Waals surface area contributed by atoms with Crippen molar-refractivity contribution in [3.8, 4) is 23.0 Å². The van der Waals surface area contributed by atoms with Gasteiger partial charge < -0.3 is 19.7 Å². The van der Waals surface area contributed by atoms with Gasteiger partial charge in [0.2, 0.25) is 0 Å². The summed E-state index contributed by atoms with van der Waals surface area (Å²) in [7, 11) is 2.91. The van der Waals surface area contributed by atoms with Crippen LogP contribution in [0.4, 0.5) is 0 Å². The first-order chi connectivity index (χ1) is 17.2.